The van der Waals surface area contributed by atoms with Crippen LogP contribution in [0.3, 0.4) is 0 Å². The van der Waals surface area contributed by atoms with Crippen molar-refractivity contribution >= 4 is 22.9 Å². The maximum atomic E-state index is 12.9. The first-order valence-corrected chi connectivity index (χ1v) is 6.67. The lowest BCUT2D eigenvalue weighted by molar-refractivity contribution is -0.139. The van der Waals surface area contributed by atoms with Gasteiger partial charge in [-0.05, 0) is 18.2 Å². The highest BCUT2D eigenvalue weighted by molar-refractivity contribution is 7.99. The van der Waals surface area contributed by atoms with Gasteiger partial charge in [0, 0.05) is 16.0 Å². The van der Waals surface area contributed by atoms with Gasteiger partial charge in [-0.1, -0.05) is 23.9 Å². The Kier molecular flexibility index (Phi) is 3.25. The Hall–Kier alpha value is -2.22. The highest BCUT2D eigenvalue weighted by Crippen LogP contribution is 2.39. The maximum Gasteiger partial charge on any atom is 0.417 e. The fraction of sp³-hybridized carbons (Fsp3) is 0.0769. The summed E-state index contributed by atoms with van der Waals surface area (Å²) in [5.41, 5.74) is -0.282. The fourth-order valence-electron chi connectivity index (χ4n) is 1.87. The van der Waals surface area contributed by atoms with Crippen LogP contribution in [0.15, 0.2) is 51.1 Å². The maximum absolute atomic E-state index is 12.9. The smallest absolute Gasteiger partial charge is 0.304 e. The molecule has 0 saturated heterocycles. The Morgan fingerprint density at radius 2 is 1.90 bits per heavy atom. The zero-order chi connectivity index (χ0) is 15.0. The molecule has 0 aliphatic rings. The summed E-state index contributed by atoms with van der Waals surface area (Å²) in [6.07, 6.45) is -2.99. The van der Waals surface area contributed by atoms with Crippen molar-refractivity contribution < 1.29 is 13.2 Å². The molecule has 4 nitrogen and oxygen atoms in total. The Balaban J connectivity index is 2.00. The number of hydrogen-bond donors (Lipinski definition) is 2. The summed E-state index contributed by atoms with van der Waals surface area (Å²) in [5, 5.41) is 0. The van der Waals surface area contributed by atoms with E-state index in [1.807, 2.05) is 0 Å². The van der Waals surface area contributed by atoms with E-state index in [1.54, 1.807) is 12.1 Å². The van der Waals surface area contributed by atoms with Crippen LogP contribution in [0.4, 0.5) is 13.2 Å². The molecule has 0 aliphatic carbocycles. The molecule has 3 aromatic rings. The van der Waals surface area contributed by atoms with Crippen LogP contribution in [-0.2, 0) is 6.18 Å². The minimum Gasteiger partial charge on any atom is -0.304 e. The third-order valence-corrected chi connectivity index (χ3v) is 3.80. The lowest BCUT2D eigenvalue weighted by Crippen LogP contribution is -2.06. The number of aromatic nitrogens is 3. The molecule has 0 radical (unpaired) electrons. The topological polar surface area (TPSA) is 61.5 Å². The highest BCUT2D eigenvalue weighted by Gasteiger charge is 2.33. The third kappa shape index (κ3) is 2.80. The Morgan fingerprint density at radius 3 is 2.67 bits per heavy atom. The number of benzene rings is 1. The van der Waals surface area contributed by atoms with Gasteiger partial charge in [0.1, 0.15) is 0 Å². The van der Waals surface area contributed by atoms with Gasteiger partial charge in [-0.25, -0.2) is 9.78 Å². The van der Waals surface area contributed by atoms with Gasteiger partial charge in [-0.3, -0.25) is 4.98 Å². The first-order chi connectivity index (χ1) is 9.93. The number of aromatic amines is 2. The molecule has 0 bridgehead atoms. The fourth-order valence-corrected chi connectivity index (χ4v) is 2.85. The molecule has 2 N–H and O–H groups in total. The number of nitrogens with one attached hydrogen (secondary N) is 2. The zero-order valence-electron chi connectivity index (χ0n) is 10.4. The largest absolute Gasteiger partial charge is 0.417 e. The summed E-state index contributed by atoms with van der Waals surface area (Å²) >= 11 is 0.947. The van der Waals surface area contributed by atoms with Crippen LogP contribution in [0, 0.1) is 0 Å². The number of fused-ring (bicyclic) bond motifs is 1. The van der Waals surface area contributed by atoms with Gasteiger partial charge in [-0.2, -0.15) is 13.2 Å². The summed E-state index contributed by atoms with van der Waals surface area (Å²) in [7, 11) is 0. The summed E-state index contributed by atoms with van der Waals surface area (Å²) < 4.78 is 38.8. The van der Waals surface area contributed by atoms with Gasteiger partial charge < -0.3 is 4.98 Å². The summed E-state index contributed by atoms with van der Waals surface area (Å²) in [5.74, 6) is 0. The van der Waals surface area contributed by atoms with Crippen LogP contribution in [0.1, 0.15) is 5.56 Å². The summed E-state index contributed by atoms with van der Waals surface area (Å²) in [6.45, 7) is 0. The molecular formula is C13H8F3N3OS. The SMILES string of the molecule is O=c1[nH]c2cc(Sc3ccccc3C(F)(F)F)cnc2[nH]1. The van der Waals surface area contributed by atoms with Crippen LogP contribution in [0.25, 0.3) is 11.2 Å². The van der Waals surface area contributed by atoms with Crippen LogP contribution >= 0.6 is 11.8 Å². The molecule has 8 heteroatoms. The van der Waals surface area contributed by atoms with Gasteiger partial charge in [0.2, 0.25) is 0 Å². The Labute approximate surface area is 120 Å². The van der Waals surface area contributed by atoms with Crippen LogP contribution < -0.4 is 5.69 Å². The van der Waals surface area contributed by atoms with E-state index in [1.165, 1.54) is 18.3 Å². The number of H-pyrrole nitrogens is 2. The number of rotatable bonds is 2. The molecule has 108 valence electrons. The van der Waals surface area contributed by atoms with Crippen molar-refractivity contribution in [3.63, 3.8) is 0 Å². The monoisotopic (exact) mass is 311 g/mol. The lowest BCUT2D eigenvalue weighted by atomic mass is 10.2. The predicted molar refractivity (Wildman–Crippen MR) is 72.3 cm³/mol. The molecule has 2 aromatic heterocycles. The van der Waals surface area contributed by atoms with Gasteiger partial charge in [0.25, 0.3) is 0 Å². The normalized spacial score (nSPS) is 12.0. The van der Waals surface area contributed by atoms with E-state index in [4.69, 9.17) is 0 Å². The first kappa shape index (κ1) is 13.7. The van der Waals surface area contributed by atoms with E-state index in [0.717, 1.165) is 17.8 Å². The van der Waals surface area contributed by atoms with Gasteiger partial charge >= 0.3 is 11.9 Å². The Morgan fingerprint density at radius 1 is 1.14 bits per heavy atom. The highest BCUT2D eigenvalue weighted by atomic mass is 32.2. The summed E-state index contributed by atoms with van der Waals surface area (Å²) in [6, 6.07) is 6.90. The number of alkyl halides is 3. The van der Waals surface area contributed by atoms with Crippen molar-refractivity contribution in [3.05, 3.63) is 52.6 Å². The molecule has 0 spiro atoms. The molecule has 21 heavy (non-hydrogen) atoms. The Bertz CT molecular complexity index is 853. The van der Waals surface area contributed by atoms with Gasteiger partial charge in [0.15, 0.2) is 5.65 Å². The van der Waals surface area contributed by atoms with Crippen molar-refractivity contribution in [1.82, 2.24) is 15.0 Å². The number of nitrogens with zero attached hydrogens (tertiary/aromatic N) is 1. The second-order valence-corrected chi connectivity index (χ2v) is 5.36. The number of halogens is 3. The second kappa shape index (κ2) is 4.96. The van der Waals surface area contributed by atoms with E-state index in [0.29, 0.717) is 16.1 Å². The second-order valence-electron chi connectivity index (χ2n) is 4.24. The molecule has 0 aliphatic heterocycles. The van der Waals surface area contributed by atoms with Crippen molar-refractivity contribution in [1.29, 1.82) is 0 Å². The van der Waals surface area contributed by atoms with E-state index in [-0.39, 0.29) is 4.90 Å². The average Bonchev–Trinajstić information content (AvgIpc) is 2.77. The third-order valence-electron chi connectivity index (χ3n) is 2.76. The van der Waals surface area contributed by atoms with E-state index in [2.05, 4.69) is 15.0 Å². The minimum atomic E-state index is -4.41. The number of hydrogen-bond acceptors (Lipinski definition) is 3. The summed E-state index contributed by atoms with van der Waals surface area (Å²) in [4.78, 5) is 20.7. The van der Waals surface area contributed by atoms with Crippen LogP contribution in [0.2, 0.25) is 0 Å². The van der Waals surface area contributed by atoms with Crippen LogP contribution in [-0.4, -0.2) is 15.0 Å². The average molecular weight is 311 g/mol. The molecule has 0 unspecified atom stereocenters. The van der Waals surface area contributed by atoms with Crippen LogP contribution in [0.5, 0.6) is 0 Å². The standard InChI is InChI=1S/C13H8F3N3OS/c14-13(15,16)8-3-1-2-4-10(8)21-7-5-9-11(17-6-7)19-12(20)18-9/h1-6H,(H2,17,18,19,20). The van der Waals surface area contributed by atoms with Crippen molar-refractivity contribution in [3.8, 4) is 0 Å². The quantitative estimate of drug-likeness (QED) is 0.762. The minimum absolute atomic E-state index is 0.0871. The molecule has 0 fully saturated rings. The predicted octanol–water partition coefficient (Wildman–Crippen LogP) is 3.42. The van der Waals surface area contributed by atoms with Crippen molar-refractivity contribution in [2.75, 3.05) is 0 Å². The molecule has 0 saturated carbocycles. The zero-order valence-corrected chi connectivity index (χ0v) is 11.2. The lowest BCUT2D eigenvalue weighted by Gasteiger charge is -2.11. The molecule has 2 heterocycles. The van der Waals surface area contributed by atoms with Gasteiger partial charge in [0.05, 0.1) is 11.1 Å². The van der Waals surface area contributed by atoms with E-state index >= 15 is 0 Å². The first-order valence-electron chi connectivity index (χ1n) is 5.85. The number of imidazole rings is 1. The molecular weight excluding hydrogens is 303 g/mol. The van der Waals surface area contributed by atoms with E-state index < -0.39 is 17.4 Å². The molecule has 0 amide bonds. The van der Waals surface area contributed by atoms with Crippen molar-refractivity contribution in [2.45, 2.75) is 16.0 Å². The van der Waals surface area contributed by atoms with Crippen molar-refractivity contribution in [2.24, 2.45) is 0 Å². The molecule has 1 aromatic carbocycles. The molecule has 0 atom stereocenters. The number of pyridine rings is 1. The van der Waals surface area contributed by atoms with Gasteiger partial charge in [-0.15, -0.1) is 0 Å². The van der Waals surface area contributed by atoms with E-state index in [9.17, 15) is 18.0 Å². The molecule has 3 rings (SSSR count).